The van der Waals surface area contributed by atoms with Crippen molar-refractivity contribution in [1.29, 1.82) is 10.5 Å². The van der Waals surface area contributed by atoms with Gasteiger partial charge in [0.1, 0.15) is 16.5 Å². The molecule has 0 aromatic carbocycles. The maximum Gasteiger partial charge on any atom is 0.161 e. The highest BCUT2D eigenvalue weighted by Gasteiger charge is 2.12. The number of aromatic nitrogens is 3. The van der Waals surface area contributed by atoms with Gasteiger partial charge in [-0.15, -0.1) is 10.2 Å². The van der Waals surface area contributed by atoms with Gasteiger partial charge >= 0.3 is 0 Å². The molecule has 8 heteroatoms. The van der Waals surface area contributed by atoms with Crippen molar-refractivity contribution in [1.82, 2.24) is 15.4 Å². The van der Waals surface area contributed by atoms with Crippen molar-refractivity contribution >= 4 is 29.2 Å². The van der Waals surface area contributed by atoms with E-state index in [1.807, 2.05) is 17.7 Å². The molecule has 76 valence electrons. The van der Waals surface area contributed by atoms with Crippen LogP contribution in [-0.2, 0) is 0 Å². The molecule has 0 saturated carbocycles. The van der Waals surface area contributed by atoms with Crippen LogP contribution in [0.4, 0.5) is 5.69 Å². The number of hydrogen-bond acceptors (Lipinski definition) is 8. The van der Waals surface area contributed by atoms with Gasteiger partial charge in [0.15, 0.2) is 10.1 Å². The first-order chi connectivity index (χ1) is 7.33. The third kappa shape index (κ3) is 2.98. The van der Waals surface area contributed by atoms with Crippen LogP contribution in [0.5, 0.6) is 0 Å². The molecule has 0 aliphatic rings. The van der Waals surface area contributed by atoms with Gasteiger partial charge in [-0.05, 0) is 12.1 Å². The Hall–Kier alpha value is -1.51. The smallest absolute Gasteiger partial charge is 0.161 e. The lowest BCUT2D eigenvalue weighted by atomic mass is 10.5. The summed E-state index contributed by atoms with van der Waals surface area (Å²) in [5.41, 5.74) is 0.589. The molecule has 1 rings (SSSR count). The highest BCUT2D eigenvalue weighted by atomic mass is 32.2. The molecule has 1 N–H and O–H groups in total. The number of thiocyanates is 2. The fraction of sp³-hybridized carbons (Fsp3) is 0.286. The van der Waals surface area contributed by atoms with E-state index in [0.717, 1.165) is 23.5 Å². The Balaban J connectivity index is 3.11. The van der Waals surface area contributed by atoms with E-state index in [0.29, 0.717) is 22.3 Å². The Kier molecular flexibility index (Phi) is 4.68. The second-order valence-electron chi connectivity index (χ2n) is 2.19. The monoisotopic (exact) mass is 238 g/mol. The molecule has 0 spiro atoms. The molecule has 0 amide bonds. The van der Waals surface area contributed by atoms with Crippen molar-refractivity contribution < 1.29 is 0 Å². The Bertz CT molecular complexity index is 386. The second-order valence-corrected chi connectivity index (χ2v) is 3.74. The number of rotatable bonds is 4. The number of hydrogen-bond donors (Lipinski definition) is 1. The molecule has 6 nitrogen and oxygen atoms in total. The largest absolute Gasteiger partial charge is 0.381 e. The van der Waals surface area contributed by atoms with Crippen LogP contribution in [0.3, 0.4) is 0 Å². The Morgan fingerprint density at radius 2 is 1.73 bits per heavy atom. The maximum absolute atomic E-state index is 8.56. The van der Waals surface area contributed by atoms with Crippen molar-refractivity contribution in [3.8, 4) is 10.8 Å². The zero-order chi connectivity index (χ0) is 11.1. The van der Waals surface area contributed by atoms with Crippen LogP contribution < -0.4 is 5.32 Å². The molecule has 0 atom stereocenters. The molecular formula is C7H6N6S2. The van der Waals surface area contributed by atoms with Crippen LogP contribution >= 0.6 is 23.5 Å². The average Bonchev–Trinajstić information content (AvgIpc) is 2.23. The summed E-state index contributed by atoms with van der Waals surface area (Å²) in [6.07, 6.45) is 0. The van der Waals surface area contributed by atoms with Gasteiger partial charge in [-0.3, -0.25) is 0 Å². The first-order valence-corrected chi connectivity index (χ1v) is 5.55. The summed E-state index contributed by atoms with van der Waals surface area (Å²) >= 11 is 1.78. The number of nitrogens with zero attached hydrogens (tertiary/aromatic N) is 5. The minimum Gasteiger partial charge on any atom is -0.381 e. The molecule has 0 bridgehead atoms. The van der Waals surface area contributed by atoms with Crippen molar-refractivity contribution in [3.63, 3.8) is 0 Å². The zero-order valence-corrected chi connectivity index (χ0v) is 9.39. The van der Waals surface area contributed by atoms with Gasteiger partial charge in [-0.25, -0.2) is 0 Å². The van der Waals surface area contributed by atoms with Crippen LogP contribution in [-0.4, -0.2) is 22.0 Å². The van der Waals surface area contributed by atoms with Gasteiger partial charge in [0.25, 0.3) is 0 Å². The summed E-state index contributed by atoms with van der Waals surface area (Å²) in [5.74, 6) is 0. The normalized spacial score (nSPS) is 9.00. The lowest BCUT2D eigenvalue weighted by Crippen LogP contribution is -2.04. The molecule has 0 radical (unpaired) electrons. The van der Waals surface area contributed by atoms with E-state index in [1.54, 1.807) is 0 Å². The van der Waals surface area contributed by atoms with E-state index in [9.17, 15) is 0 Å². The van der Waals surface area contributed by atoms with E-state index < -0.39 is 0 Å². The SMILES string of the molecule is CCNc1c(SC#N)nnnc1SC#N. The first kappa shape index (κ1) is 11.6. The molecule has 1 heterocycles. The van der Waals surface area contributed by atoms with E-state index in [-0.39, 0.29) is 0 Å². The summed E-state index contributed by atoms with van der Waals surface area (Å²) in [6.45, 7) is 2.56. The zero-order valence-electron chi connectivity index (χ0n) is 7.76. The second kappa shape index (κ2) is 6.06. The third-order valence-corrected chi connectivity index (χ3v) is 2.48. The lowest BCUT2D eigenvalue weighted by molar-refractivity contribution is 0.755. The number of anilines is 1. The quantitative estimate of drug-likeness (QED) is 0.621. The minimum atomic E-state index is 0.437. The van der Waals surface area contributed by atoms with Crippen LogP contribution in [0, 0.1) is 21.3 Å². The van der Waals surface area contributed by atoms with Crippen molar-refractivity contribution in [2.75, 3.05) is 11.9 Å². The fourth-order valence-corrected chi connectivity index (χ4v) is 1.79. The molecule has 15 heavy (non-hydrogen) atoms. The summed E-state index contributed by atoms with van der Waals surface area (Å²) in [4.78, 5) is 0. The number of nitriles is 2. The molecule has 1 aromatic rings. The summed E-state index contributed by atoms with van der Waals surface area (Å²) < 4.78 is 0. The molecule has 0 aliphatic heterocycles. The van der Waals surface area contributed by atoms with Gasteiger partial charge in [-0.2, -0.15) is 10.5 Å². The summed E-state index contributed by atoms with van der Waals surface area (Å²) in [7, 11) is 0. The van der Waals surface area contributed by atoms with Crippen molar-refractivity contribution in [2.24, 2.45) is 0 Å². The first-order valence-electron chi connectivity index (χ1n) is 3.92. The fourth-order valence-electron chi connectivity index (χ4n) is 0.852. The molecule has 0 saturated heterocycles. The van der Waals surface area contributed by atoms with E-state index in [4.69, 9.17) is 10.5 Å². The van der Waals surface area contributed by atoms with E-state index in [2.05, 4.69) is 20.7 Å². The minimum absolute atomic E-state index is 0.437. The Morgan fingerprint density at radius 1 is 1.20 bits per heavy atom. The molecule has 0 fully saturated rings. The van der Waals surface area contributed by atoms with Gasteiger partial charge < -0.3 is 5.32 Å². The third-order valence-electron chi connectivity index (χ3n) is 1.34. The maximum atomic E-state index is 8.56. The van der Waals surface area contributed by atoms with Crippen LogP contribution in [0.2, 0.25) is 0 Å². The van der Waals surface area contributed by atoms with Gasteiger partial charge in [-0.1, -0.05) is 0 Å². The van der Waals surface area contributed by atoms with Gasteiger partial charge in [0.2, 0.25) is 0 Å². The summed E-state index contributed by atoms with van der Waals surface area (Å²) in [5, 5.41) is 35.7. The molecular weight excluding hydrogens is 232 g/mol. The number of nitrogens with one attached hydrogen (secondary N) is 1. The van der Waals surface area contributed by atoms with Crippen LogP contribution in [0.1, 0.15) is 6.92 Å². The Morgan fingerprint density at radius 3 is 2.13 bits per heavy atom. The van der Waals surface area contributed by atoms with Crippen molar-refractivity contribution in [3.05, 3.63) is 0 Å². The highest BCUT2D eigenvalue weighted by molar-refractivity contribution is 8.04. The van der Waals surface area contributed by atoms with E-state index >= 15 is 0 Å². The van der Waals surface area contributed by atoms with Crippen LogP contribution in [0.15, 0.2) is 10.1 Å². The standard InChI is InChI=1S/C7H6N6S2/c1-2-10-5-6(14-3-8)11-13-12-7(5)15-4-9/h2H2,1H3,(H,10,13). The van der Waals surface area contributed by atoms with Gasteiger partial charge in [0, 0.05) is 30.1 Å². The lowest BCUT2D eigenvalue weighted by Gasteiger charge is -2.07. The topological polar surface area (TPSA) is 98.3 Å². The average molecular weight is 238 g/mol. The predicted octanol–water partition coefficient (Wildman–Crippen LogP) is 1.45. The van der Waals surface area contributed by atoms with Crippen LogP contribution in [0.25, 0.3) is 0 Å². The predicted molar refractivity (Wildman–Crippen MR) is 56.9 cm³/mol. The van der Waals surface area contributed by atoms with Gasteiger partial charge in [0.05, 0.1) is 0 Å². The van der Waals surface area contributed by atoms with Crippen molar-refractivity contribution in [2.45, 2.75) is 17.0 Å². The van der Waals surface area contributed by atoms with E-state index in [1.165, 1.54) is 0 Å². The highest BCUT2D eigenvalue weighted by Crippen LogP contribution is 2.30. The molecule has 1 aromatic heterocycles. The number of thioether (sulfide) groups is 2. The summed E-state index contributed by atoms with van der Waals surface area (Å²) in [6, 6.07) is 0. The molecule has 0 unspecified atom stereocenters. The Labute approximate surface area is 95.1 Å². The molecule has 0 aliphatic carbocycles.